The van der Waals surface area contributed by atoms with Gasteiger partial charge in [-0.05, 0) is 30.5 Å². The van der Waals surface area contributed by atoms with E-state index in [0.717, 1.165) is 24.1 Å². The molecule has 0 radical (unpaired) electrons. The highest BCUT2D eigenvalue weighted by atomic mass is 16.5. The number of hydrogen-bond acceptors (Lipinski definition) is 3. The first kappa shape index (κ1) is 14.0. The van der Waals surface area contributed by atoms with Gasteiger partial charge < -0.3 is 15.4 Å². The molecule has 1 saturated heterocycles. The molecule has 1 fully saturated rings. The zero-order valence-corrected chi connectivity index (χ0v) is 11.4. The summed E-state index contributed by atoms with van der Waals surface area (Å²) in [6, 6.07) is 8.49. The van der Waals surface area contributed by atoms with Crippen LogP contribution in [0.25, 0.3) is 0 Å². The van der Waals surface area contributed by atoms with Crippen molar-refractivity contribution in [3.05, 3.63) is 35.4 Å². The first-order valence-electron chi connectivity index (χ1n) is 6.85. The smallest absolute Gasteiger partial charge is 0.221 e. The largest absolute Gasteiger partial charge is 0.380 e. The predicted octanol–water partition coefficient (Wildman–Crippen LogP) is 1.59. The topological polar surface area (TPSA) is 50.4 Å². The SMILES string of the molecule is COCc1ccc(CNC(=O)CC2CCCN2)cc1. The lowest BCUT2D eigenvalue weighted by molar-refractivity contribution is -0.121. The molecule has 0 bridgehead atoms. The Bertz CT molecular complexity index is 397. The number of ether oxygens (including phenoxy) is 1. The van der Waals surface area contributed by atoms with Gasteiger partial charge in [-0.1, -0.05) is 24.3 Å². The van der Waals surface area contributed by atoms with Crippen molar-refractivity contribution < 1.29 is 9.53 Å². The first-order valence-corrected chi connectivity index (χ1v) is 6.85. The number of benzene rings is 1. The molecule has 19 heavy (non-hydrogen) atoms. The van der Waals surface area contributed by atoms with Gasteiger partial charge in [0.25, 0.3) is 0 Å². The summed E-state index contributed by atoms with van der Waals surface area (Å²) in [5.41, 5.74) is 2.26. The second-order valence-corrected chi connectivity index (χ2v) is 5.02. The zero-order valence-electron chi connectivity index (χ0n) is 11.4. The van der Waals surface area contributed by atoms with E-state index in [-0.39, 0.29) is 5.91 Å². The third-order valence-electron chi connectivity index (χ3n) is 3.42. The molecular weight excluding hydrogens is 240 g/mol. The van der Waals surface area contributed by atoms with Crippen LogP contribution in [0.5, 0.6) is 0 Å². The fourth-order valence-corrected chi connectivity index (χ4v) is 2.35. The summed E-state index contributed by atoms with van der Waals surface area (Å²) < 4.78 is 5.06. The fourth-order valence-electron chi connectivity index (χ4n) is 2.35. The van der Waals surface area contributed by atoms with Crippen LogP contribution in [0.4, 0.5) is 0 Å². The van der Waals surface area contributed by atoms with E-state index in [1.165, 1.54) is 6.42 Å². The molecule has 2 N–H and O–H groups in total. The standard InChI is InChI=1S/C15H22N2O2/c1-19-11-13-6-4-12(5-7-13)10-17-15(18)9-14-3-2-8-16-14/h4-7,14,16H,2-3,8-11H2,1H3,(H,17,18). The highest BCUT2D eigenvalue weighted by Gasteiger charge is 2.17. The Labute approximate surface area is 114 Å². The van der Waals surface area contributed by atoms with Gasteiger partial charge in [0.2, 0.25) is 5.91 Å². The number of carbonyl (C=O) groups excluding carboxylic acids is 1. The lowest BCUT2D eigenvalue weighted by Gasteiger charge is -2.10. The van der Waals surface area contributed by atoms with Crippen LogP contribution in [0.3, 0.4) is 0 Å². The molecule has 0 saturated carbocycles. The minimum absolute atomic E-state index is 0.125. The number of nitrogens with one attached hydrogen (secondary N) is 2. The quantitative estimate of drug-likeness (QED) is 0.818. The van der Waals surface area contributed by atoms with Gasteiger partial charge in [-0.2, -0.15) is 0 Å². The van der Waals surface area contributed by atoms with E-state index in [0.29, 0.717) is 25.6 Å². The number of rotatable bonds is 6. The van der Waals surface area contributed by atoms with Gasteiger partial charge >= 0.3 is 0 Å². The van der Waals surface area contributed by atoms with Crippen molar-refractivity contribution in [3.63, 3.8) is 0 Å². The zero-order chi connectivity index (χ0) is 13.5. The summed E-state index contributed by atoms with van der Waals surface area (Å²) >= 11 is 0. The van der Waals surface area contributed by atoms with Crippen molar-refractivity contribution >= 4 is 5.91 Å². The van der Waals surface area contributed by atoms with E-state index in [4.69, 9.17) is 4.74 Å². The van der Waals surface area contributed by atoms with Gasteiger partial charge in [-0.25, -0.2) is 0 Å². The van der Waals surface area contributed by atoms with Crippen LogP contribution >= 0.6 is 0 Å². The van der Waals surface area contributed by atoms with Crippen LogP contribution in [0.15, 0.2) is 24.3 Å². The Morgan fingerprint density at radius 2 is 2.11 bits per heavy atom. The molecule has 0 aliphatic carbocycles. The molecule has 1 heterocycles. The maximum atomic E-state index is 11.8. The lowest BCUT2D eigenvalue weighted by atomic mass is 10.1. The van der Waals surface area contributed by atoms with Crippen molar-refractivity contribution in [2.24, 2.45) is 0 Å². The van der Waals surface area contributed by atoms with Gasteiger partial charge in [0.05, 0.1) is 6.61 Å². The molecule has 1 amide bonds. The molecule has 2 rings (SSSR count). The fraction of sp³-hybridized carbons (Fsp3) is 0.533. The highest BCUT2D eigenvalue weighted by molar-refractivity contribution is 5.76. The summed E-state index contributed by atoms with van der Waals surface area (Å²) in [5, 5.41) is 6.30. The molecule has 1 aromatic carbocycles. The third-order valence-corrected chi connectivity index (χ3v) is 3.42. The molecule has 104 valence electrons. The molecule has 1 unspecified atom stereocenters. The van der Waals surface area contributed by atoms with Gasteiger partial charge in [0, 0.05) is 26.1 Å². The van der Waals surface area contributed by atoms with E-state index in [2.05, 4.69) is 10.6 Å². The molecule has 1 aliphatic heterocycles. The maximum Gasteiger partial charge on any atom is 0.221 e. The van der Waals surface area contributed by atoms with Gasteiger partial charge in [0.15, 0.2) is 0 Å². The van der Waals surface area contributed by atoms with Crippen LogP contribution in [0, 0.1) is 0 Å². The Balaban J connectivity index is 1.73. The number of methoxy groups -OCH3 is 1. The van der Waals surface area contributed by atoms with Gasteiger partial charge in [-0.3, -0.25) is 4.79 Å². The van der Waals surface area contributed by atoms with Crippen LogP contribution < -0.4 is 10.6 Å². The summed E-state index contributed by atoms with van der Waals surface area (Å²) in [6.45, 7) is 2.26. The van der Waals surface area contributed by atoms with Gasteiger partial charge in [0.1, 0.15) is 0 Å². The van der Waals surface area contributed by atoms with E-state index >= 15 is 0 Å². The van der Waals surface area contributed by atoms with Crippen molar-refractivity contribution in [1.82, 2.24) is 10.6 Å². The first-order chi connectivity index (χ1) is 9.28. The van der Waals surface area contributed by atoms with Crippen LogP contribution in [-0.4, -0.2) is 25.6 Å². The molecule has 1 aliphatic rings. The van der Waals surface area contributed by atoms with Crippen LogP contribution in [0.1, 0.15) is 30.4 Å². The van der Waals surface area contributed by atoms with Crippen LogP contribution in [0.2, 0.25) is 0 Å². The molecule has 1 atom stereocenters. The minimum atomic E-state index is 0.125. The third kappa shape index (κ3) is 4.65. The minimum Gasteiger partial charge on any atom is -0.380 e. The molecule has 0 spiro atoms. The Hall–Kier alpha value is -1.39. The maximum absolute atomic E-state index is 11.8. The van der Waals surface area contributed by atoms with E-state index in [1.807, 2.05) is 24.3 Å². The monoisotopic (exact) mass is 262 g/mol. The van der Waals surface area contributed by atoms with Gasteiger partial charge in [-0.15, -0.1) is 0 Å². The predicted molar refractivity (Wildman–Crippen MR) is 74.6 cm³/mol. The van der Waals surface area contributed by atoms with Crippen molar-refractivity contribution in [3.8, 4) is 0 Å². The van der Waals surface area contributed by atoms with E-state index < -0.39 is 0 Å². The summed E-state index contributed by atoms with van der Waals surface area (Å²) in [5.74, 6) is 0.125. The molecular formula is C15H22N2O2. The lowest BCUT2D eigenvalue weighted by Crippen LogP contribution is -2.31. The molecule has 1 aromatic rings. The Kier molecular flexibility index (Phi) is 5.36. The Morgan fingerprint density at radius 3 is 2.74 bits per heavy atom. The Morgan fingerprint density at radius 1 is 1.37 bits per heavy atom. The second kappa shape index (κ2) is 7.26. The molecule has 4 nitrogen and oxygen atoms in total. The number of hydrogen-bond donors (Lipinski definition) is 2. The van der Waals surface area contributed by atoms with E-state index in [9.17, 15) is 4.79 Å². The average Bonchev–Trinajstić information content (AvgIpc) is 2.91. The number of carbonyl (C=O) groups is 1. The summed E-state index contributed by atoms with van der Waals surface area (Å²) in [6.07, 6.45) is 2.87. The van der Waals surface area contributed by atoms with Crippen molar-refractivity contribution in [1.29, 1.82) is 0 Å². The van der Waals surface area contributed by atoms with Crippen molar-refractivity contribution in [2.75, 3.05) is 13.7 Å². The molecule has 0 aromatic heterocycles. The normalized spacial score (nSPS) is 18.5. The summed E-state index contributed by atoms with van der Waals surface area (Å²) in [7, 11) is 1.69. The summed E-state index contributed by atoms with van der Waals surface area (Å²) in [4.78, 5) is 11.8. The average molecular weight is 262 g/mol. The second-order valence-electron chi connectivity index (χ2n) is 5.02. The number of amides is 1. The molecule has 4 heteroatoms. The highest BCUT2D eigenvalue weighted by Crippen LogP contribution is 2.09. The van der Waals surface area contributed by atoms with Crippen molar-refractivity contribution in [2.45, 2.75) is 38.5 Å². The van der Waals surface area contributed by atoms with E-state index in [1.54, 1.807) is 7.11 Å². The van der Waals surface area contributed by atoms with Crippen LogP contribution in [-0.2, 0) is 22.7 Å².